The highest BCUT2D eigenvalue weighted by atomic mass is 16.5. The summed E-state index contributed by atoms with van der Waals surface area (Å²) in [5, 5.41) is 11.2. The molecule has 0 bridgehead atoms. The number of likely N-dealkylation sites (tertiary alicyclic amines) is 1. The molecule has 0 amide bonds. The molecule has 2 aromatic heterocycles. The molecule has 2 aliphatic heterocycles. The Morgan fingerprint density at radius 3 is 2.87 bits per heavy atom. The topological polar surface area (TPSA) is 80.1 Å². The molecule has 0 unspecified atom stereocenters. The molecule has 7 nitrogen and oxygen atoms in total. The van der Waals surface area contributed by atoms with Crippen LogP contribution in [0.3, 0.4) is 0 Å². The van der Waals surface area contributed by atoms with E-state index in [0.717, 1.165) is 55.6 Å². The van der Waals surface area contributed by atoms with Gasteiger partial charge in [-0.25, -0.2) is 4.98 Å². The van der Waals surface area contributed by atoms with Gasteiger partial charge in [0.15, 0.2) is 5.82 Å². The lowest BCUT2D eigenvalue weighted by molar-refractivity contribution is -0.0120. The van der Waals surface area contributed by atoms with Crippen LogP contribution in [0.2, 0.25) is 0 Å². The van der Waals surface area contributed by atoms with Crippen molar-refractivity contribution >= 4 is 0 Å². The first kappa shape index (κ1) is 14.8. The van der Waals surface area contributed by atoms with Gasteiger partial charge in [0.25, 0.3) is 0 Å². The second-order valence-corrected chi connectivity index (χ2v) is 6.76. The molecular formula is C16H23N5O2. The Hall–Kier alpha value is -1.73. The van der Waals surface area contributed by atoms with E-state index in [-0.39, 0.29) is 12.2 Å². The summed E-state index contributed by atoms with van der Waals surface area (Å²) in [6, 6.07) is 0. The number of aromatic nitrogens is 4. The van der Waals surface area contributed by atoms with Crippen LogP contribution in [0.4, 0.5) is 0 Å². The summed E-state index contributed by atoms with van der Waals surface area (Å²) in [6.07, 6.45) is 2.50. The zero-order valence-corrected chi connectivity index (χ0v) is 13.9. The average Bonchev–Trinajstić information content (AvgIpc) is 3.21. The predicted molar refractivity (Wildman–Crippen MR) is 82.7 cm³/mol. The average molecular weight is 317 g/mol. The van der Waals surface area contributed by atoms with E-state index in [1.54, 1.807) is 0 Å². The van der Waals surface area contributed by atoms with Gasteiger partial charge in [0, 0.05) is 18.7 Å². The van der Waals surface area contributed by atoms with Crippen molar-refractivity contribution in [3.63, 3.8) is 0 Å². The molecule has 0 spiro atoms. The van der Waals surface area contributed by atoms with Gasteiger partial charge in [0.1, 0.15) is 17.7 Å². The van der Waals surface area contributed by atoms with E-state index >= 15 is 0 Å². The summed E-state index contributed by atoms with van der Waals surface area (Å²) in [6.45, 7) is 8.84. The molecule has 0 saturated carbocycles. The second-order valence-electron chi connectivity index (χ2n) is 6.76. The van der Waals surface area contributed by atoms with Crippen molar-refractivity contribution in [2.24, 2.45) is 5.92 Å². The molecule has 0 radical (unpaired) electrons. The van der Waals surface area contributed by atoms with Gasteiger partial charge in [-0.2, -0.15) is 5.10 Å². The number of H-pyrrole nitrogens is 1. The van der Waals surface area contributed by atoms with Gasteiger partial charge in [-0.1, -0.05) is 5.16 Å². The summed E-state index contributed by atoms with van der Waals surface area (Å²) in [5.41, 5.74) is 2.20. The lowest BCUT2D eigenvalue weighted by atomic mass is 9.91. The molecule has 2 aliphatic rings. The lowest BCUT2D eigenvalue weighted by Gasteiger charge is -2.33. The van der Waals surface area contributed by atoms with E-state index in [9.17, 15) is 0 Å². The maximum absolute atomic E-state index is 6.25. The first-order valence-corrected chi connectivity index (χ1v) is 8.28. The van der Waals surface area contributed by atoms with E-state index in [0.29, 0.717) is 5.92 Å². The smallest absolute Gasteiger partial charge is 0.179 e. The van der Waals surface area contributed by atoms with Crippen molar-refractivity contribution in [3.05, 3.63) is 28.7 Å². The molecule has 3 atom stereocenters. The molecule has 124 valence electrons. The highest BCUT2D eigenvalue weighted by Gasteiger charge is 2.41. The lowest BCUT2D eigenvalue weighted by Crippen LogP contribution is -2.41. The van der Waals surface area contributed by atoms with Crippen LogP contribution in [-0.2, 0) is 11.3 Å². The van der Waals surface area contributed by atoms with Crippen LogP contribution in [-0.4, -0.2) is 44.4 Å². The fourth-order valence-corrected chi connectivity index (χ4v) is 3.76. The minimum Gasteiger partial charge on any atom is -0.365 e. The Labute approximate surface area is 135 Å². The van der Waals surface area contributed by atoms with E-state index in [1.807, 2.05) is 20.8 Å². The van der Waals surface area contributed by atoms with Crippen LogP contribution in [0.5, 0.6) is 0 Å². The summed E-state index contributed by atoms with van der Waals surface area (Å²) in [7, 11) is 0. The minimum atomic E-state index is 0.0361. The zero-order chi connectivity index (χ0) is 16.0. The Morgan fingerprint density at radius 1 is 1.30 bits per heavy atom. The third kappa shape index (κ3) is 2.79. The van der Waals surface area contributed by atoms with Crippen molar-refractivity contribution in [3.8, 4) is 0 Å². The summed E-state index contributed by atoms with van der Waals surface area (Å²) >= 11 is 0. The van der Waals surface area contributed by atoms with Gasteiger partial charge in [-0.05, 0) is 46.1 Å². The number of hydrogen-bond acceptors (Lipinski definition) is 6. The van der Waals surface area contributed by atoms with Crippen LogP contribution >= 0.6 is 0 Å². The number of nitrogens with one attached hydrogen (secondary N) is 1. The normalized spacial score (nSPS) is 28.2. The Balaban J connectivity index is 1.41. The third-order valence-electron chi connectivity index (χ3n) is 5.10. The molecule has 4 rings (SSSR count). The van der Waals surface area contributed by atoms with Crippen molar-refractivity contribution in [1.29, 1.82) is 0 Å². The predicted octanol–water partition coefficient (Wildman–Crippen LogP) is 2.07. The highest BCUT2D eigenvalue weighted by Crippen LogP contribution is 2.40. The molecule has 1 N–H and O–H groups in total. The number of ether oxygens (including phenoxy) is 1. The summed E-state index contributed by atoms with van der Waals surface area (Å²) in [5.74, 6) is 3.18. The van der Waals surface area contributed by atoms with Crippen molar-refractivity contribution < 1.29 is 9.26 Å². The fraction of sp³-hybridized carbons (Fsp3) is 0.688. The van der Waals surface area contributed by atoms with Gasteiger partial charge < -0.3 is 9.26 Å². The standard InChI is InChI=1S/C16H23N5O2/c1-9-13(10(2)23-20-9)7-21-5-4-12-6-14(22-15(12)8-21)16-17-11(3)18-19-16/h12,14-15H,4-8H2,1-3H3,(H,17,18,19)/t12-,14+,15+/m0/s1. The van der Waals surface area contributed by atoms with Crippen LogP contribution in [0.15, 0.2) is 4.52 Å². The van der Waals surface area contributed by atoms with Gasteiger partial charge >= 0.3 is 0 Å². The number of piperidine rings is 1. The van der Waals surface area contributed by atoms with Gasteiger partial charge in [-0.3, -0.25) is 10.00 Å². The van der Waals surface area contributed by atoms with Crippen LogP contribution in [0, 0.1) is 26.7 Å². The SMILES string of the molecule is Cc1nc([C@H]2C[C@@H]3CCN(Cc4c(C)noc4C)C[C@H]3O2)n[nH]1. The largest absolute Gasteiger partial charge is 0.365 e. The molecule has 0 aromatic carbocycles. The number of nitrogens with zero attached hydrogens (tertiary/aromatic N) is 4. The van der Waals surface area contributed by atoms with Crippen LogP contribution in [0.25, 0.3) is 0 Å². The summed E-state index contributed by atoms with van der Waals surface area (Å²) in [4.78, 5) is 6.87. The van der Waals surface area contributed by atoms with Crippen molar-refractivity contribution in [1.82, 2.24) is 25.2 Å². The summed E-state index contributed by atoms with van der Waals surface area (Å²) < 4.78 is 11.5. The van der Waals surface area contributed by atoms with Gasteiger partial charge in [0.05, 0.1) is 11.8 Å². The monoisotopic (exact) mass is 317 g/mol. The number of aryl methyl sites for hydroxylation is 3. The Morgan fingerprint density at radius 2 is 2.17 bits per heavy atom. The molecule has 4 heterocycles. The number of hydrogen-bond donors (Lipinski definition) is 1. The van der Waals surface area contributed by atoms with E-state index < -0.39 is 0 Å². The van der Waals surface area contributed by atoms with Crippen molar-refractivity contribution in [2.45, 2.75) is 52.4 Å². The zero-order valence-electron chi connectivity index (χ0n) is 13.9. The fourth-order valence-electron chi connectivity index (χ4n) is 3.76. The molecule has 0 aliphatic carbocycles. The number of rotatable bonds is 3. The quantitative estimate of drug-likeness (QED) is 0.933. The van der Waals surface area contributed by atoms with E-state index in [1.165, 1.54) is 5.56 Å². The highest BCUT2D eigenvalue weighted by molar-refractivity contribution is 5.20. The maximum atomic E-state index is 6.25. The Kier molecular flexibility index (Phi) is 3.69. The molecule has 2 fully saturated rings. The minimum absolute atomic E-state index is 0.0361. The number of fused-ring (bicyclic) bond motifs is 1. The van der Waals surface area contributed by atoms with Crippen LogP contribution in [0.1, 0.15) is 47.6 Å². The third-order valence-corrected chi connectivity index (χ3v) is 5.10. The van der Waals surface area contributed by atoms with E-state index in [2.05, 4.69) is 25.2 Å². The molecular weight excluding hydrogens is 294 g/mol. The Bertz CT molecular complexity index is 675. The first-order chi connectivity index (χ1) is 11.1. The van der Waals surface area contributed by atoms with Gasteiger partial charge in [-0.15, -0.1) is 0 Å². The molecule has 2 aromatic rings. The second kappa shape index (κ2) is 5.72. The number of aromatic amines is 1. The van der Waals surface area contributed by atoms with Crippen LogP contribution < -0.4 is 0 Å². The maximum Gasteiger partial charge on any atom is 0.179 e. The molecule has 7 heteroatoms. The molecule has 23 heavy (non-hydrogen) atoms. The van der Waals surface area contributed by atoms with Gasteiger partial charge in [0.2, 0.25) is 0 Å². The molecule has 2 saturated heterocycles. The first-order valence-electron chi connectivity index (χ1n) is 8.28. The van der Waals surface area contributed by atoms with Crippen molar-refractivity contribution in [2.75, 3.05) is 13.1 Å². The van der Waals surface area contributed by atoms with E-state index in [4.69, 9.17) is 9.26 Å².